The average molecular weight is 161 g/mol. The van der Waals surface area contributed by atoms with E-state index >= 15 is 0 Å². The first kappa shape index (κ1) is 9.82. The first-order valence-corrected chi connectivity index (χ1v) is 2.91. The van der Waals surface area contributed by atoms with Gasteiger partial charge in [0.2, 0.25) is 5.91 Å². The lowest BCUT2D eigenvalue weighted by Crippen LogP contribution is -2.50. The van der Waals surface area contributed by atoms with E-state index < -0.39 is 11.9 Å². The first-order chi connectivity index (χ1) is 5.13. The molecule has 7 nitrogen and oxygen atoms in total. The van der Waals surface area contributed by atoms with Crippen molar-refractivity contribution in [3.63, 3.8) is 0 Å². The Balaban J connectivity index is 3.91. The summed E-state index contributed by atoms with van der Waals surface area (Å²) in [6.45, 7) is 0.143. The highest BCUT2D eigenvalue weighted by Gasteiger charge is 2.14. The molecule has 0 aromatic carbocycles. The zero-order valence-corrected chi connectivity index (χ0v) is 5.91. The Bertz CT molecular complexity index is 159. The maximum atomic E-state index is 10.7. The zero-order chi connectivity index (χ0) is 8.85. The normalized spacial score (nSPS) is 9.00. The van der Waals surface area contributed by atoms with Crippen LogP contribution in [0.4, 0.5) is 4.79 Å². The van der Waals surface area contributed by atoms with Crippen molar-refractivity contribution in [1.29, 1.82) is 0 Å². The maximum absolute atomic E-state index is 10.7. The largest absolute Gasteiger partial charge is 0.352 e. The Kier molecular flexibility index (Phi) is 4.11. The molecule has 0 bridgehead atoms. The van der Waals surface area contributed by atoms with E-state index in [1.165, 1.54) is 0 Å². The molecule has 11 heavy (non-hydrogen) atoms. The fraction of sp³-hybridized carbons (Fsp3) is 0.500. The van der Waals surface area contributed by atoms with Crippen LogP contribution in [0.15, 0.2) is 0 Å². The van der Waals surface area contributed by atoms with Crippen molar-refractivity contribution in [3.05, 3.63) is 0 Å². The number of hydrogen-bond donors (Lipinski definition) is 4. The van der Waals surface area contributed by atoms with Crippen LogP contribution in [0.2, 0.25) is 0 Å². The molecule has 3 amide bonds. The Labute approximate surface area is 63.4 Å². The van der Waals surface area contributed by atoms with Crippen molar-refractivity contribution < 1.29 is 9.59 Å². The summed E-state index contributed by atoms with van der Waals surface area (Å²) in [5, 5.41) is 0.382. The zero-order valence-electron chi connectivity index (χ0n) is 5.91. The minimum absolute atomic E-state index is 0.0178. The van der Waals surface area contributed by atoms with Crippen LogP contribution in [-0.4, -0.2) is 23.5 Å². The number of hydrogen-bond acceptors (Lipinski definition) is 5. The third kappa shape index (κ3) is 2.94. The monoisotopic (exact) mass is 161 g/mol. The van der Waals surface area contributed by atoms with Crippen molar-refractivity contribution in [3.8, 4) is 0 Å². The molecule has 0 unspecified atom stereocenters. The second-order valence-corrected chi connectivity index (χ2v) is 1.75. The fourth-order valence-electron chi connectivity index (χ4n) is 0.427. The lowest BCUT2D eigenvalue weighted by atomic mass is 10.4. The second kappa shape index (κ2) is 4.61. The molecule has 0 radical (unpaired) electrons. The molecule has 0 rings (SSSR count). The number of carbonyl (C=O) groups excluding carboxylic acids is 2. The molecule has 0 aromatic heterocycles. The molecular formula is C4H11N5O2. The highest BCUT2D eigenvalue weighted by molar-refractivity contribution is 5.93. The average Bonchev–Trinajstić information content (AvgIpc) is 2.02. The number of urea groups is 1. The van der Waals surface area contributed by atoms with Gasteiger partial charge >= 0.3 is 6.03 Å². The Morgan fingerprint density at radius 3 is 2.36 bits per heavy atom. The topological polar surface area (TPSA) is 127 Å². The van der Waals surface area contributed by atoms with Gasteiger partial charge in [-0.1, -0.05) is 0 Å². The van der Waals surface area contributed by atoms with E-state index in [2.05, 4.69) is 0 Å². The summed E-state index contributed by atoms with van der Waals surface area (Å²) in [5.74, 6) is 9.12. The quantitative estimate of drug-likeness (QED) is 0.204. The maximum Gasteiger partial charge on any atom is 0.352 e. The van der Waals surface area contributed by atoms with Crippen molar-refractivity contribution in [2.75, 3.05) is 6.54 Å². The predicted octanol–water partition coefficient (Wildman–Crippen LogP) is -2.38. The summed E-state index contributed by atoms with van der Waals surface area (Å²) in [4.78, 5) is 21.3. The number of carbonyl (C=O) groups is 2. The Hall–Kier alpha value is -1.18. The molecule has 0 saturated heterocycles. The highest BCUT2D eigenvalue weighted by atomic mass is 16.2. The second-order valence-electron chi connectivity index (χ2n) is 1.75. The molecule has 0 aromatic rings. The molecule has 0 heterocycles. The van der Waals surface area contributed by atoms with Gasteiger partial charge in [-0.2, -0.15) is 5.01 Å². The van der Waals surface area contributed by atoms with Crippen LogP contribution in [0.1, 0.15) is 6.42 Å². The summed E-state index contributed by atoms with van der Waals surface area (Å²) in [6, 6.07) is -0.858. The lowest BCUT2D eigenvalue weighted by molar-refractivity contribution is -0.128. The van der Waals surface area contributed by atoms with Crippen LogP contribution in [-0.2, 0) is 4.79 Å². The van der Waals surface area contributed by atoms with E-state index in [0.717, 1.165) is 0 Å². The van der Waals surface area contributed by atoms with Crippen LogP contribution in [0.3, 0.4) is 0 Å². The minimum Gasteiger partial charge on any atom is -0.330 e. The number of amides is 3. The van der Waals surface area contributed by atoms with Crippen LogP contribution >= 0.6 is 0 Å². The molecule has 7 N–H and O–H groups in total. The Morgan fingerprint density at radius 1 is 1.45 bits per heavy atom. The standard InChI is InChI=1S/C4H11N5O2/c5-2-1-3(10)9(7)4(11)8-6/h1-2,5-7H2,(H,8,11). The van der Waals surface area contributed by atoms with Gasteiger partial charge in [0.05, 0.1) is 0 Å². The minimum atomic E-state index is -0.858. The molecule has 0 aliphatic rings. The van der Waals surface area contributed by atoms with E-state index in [1.807, 2.05) is 0 Å². The number of nitrogens with two attached hydrogens (primary N) is 3. The first-order valence-electron chi connectivity index (χ1n) is 2.91. The summed E-state index contributed by atoms with van der Waals surface area (Å²) in [6.07, 6.45) is 0.0178. The SMILES string of the molecule is NCCC(=O)N(N)C(=O)NN. The fourth-order valence-corrected chi connectivity index (χ4v) is 0.427. The molecule has 0 aliphatic carbocycles. The number of rotatable bonds is 2. The highest BCUT2D eigenvalue weighted by Crippen LogP contribution is 1.85. The van der Waals surface area contributed by atoms with Crippen LogP contribution in [0.25, 0.3) is 0 Å². The van der Waals surface area contributed by atoms with Crippen molar-refractivity contribution in [2.45, 2.75) is 6.42 Å². The van der Waals surface area contributed by atoms with Gasteiger partial charge in [-0.3, -0.25) is 10.2 Å². The van der Waals surface area contributed by atoms with Crippen LogP contribution < -0.4 is 22.8 Å². The van der Waals surface area contributed by atoms with Gasteiger partial charge < -0.3 is 5.73 Å². The molecule has 7 heteroatoms. The van der Waals surface area contributed by atoms with Gasteiger partial charge in [-0.25, -0.2) is 16.5 Å². The molecule has 0 atom stereocenters. The van der Waals surface area contributed by atoms with Gasteiger partial charge in [0.15, 0.2) is 0 Å². The number of hydrazine groups is 2. The lowest BCUT2D eigenvalue weighted by Gasteiger charge is -2.12. The van der Waals surface area contributed by atoms with E-state index in [-0.39, 0.29) is 13.0 Å². The molecule has 0 saturated carbocycles. The number of imide groups is 1. The van der Waals surface area contributed by atoms with Gasteiger partial charge in [0.25, 0.3) is 0 Å². The number of nitrogens with one attached hydrogen (secondary N) is 1. The summed E-state index contributed by atoms with van der Waals surface area (Å²) < 4.78 is 0. The molecule has 0 aliphatic heterocycles. The van der Waals surface area contributed by atoms with Gasteiger partial charge in [-0.05, 0) is 0 Å². The summed E-state index contributed by atoms with van der Waals surface area (Å²) >= 11 is 0. The van der Waals surface area contributed by atoms with Crippen molar-refractivity contribution in [2.24, 2.45) is 17.4 Å². The molecule has 0 fully saturated rings. The van der Waals surface area contributed by atoms with E-state index in [9.17, 15) is 9.59 Å². The van der Waals surface area contributed by atoms with Crippen molar-refractivity contribution in [1.82, 2.24) is 10.4 Å². The van der Waals surface area contributed by atoms with E-state index in [1.54, 1.807) is 5.43 Å². The van der Waals surface area contributed by atoms with Crippen LogP contribution in [0, 0.1) is 0 Å². The van der Waals surface area contributed by atoms with Gasteiger partial charge in [-0.15, -0.1) is 0 Å². The van der Waals surface area contributed by atoms with E-state index in [0.29, 0.717) is 5.01 Å². The molecule has 64 valence electrons. The Morgan fingerprint density at radius 2 is 2.00 bits per heavy atom. The summed E-state index contributed by atoms with van der Waals surface area (Å²) in [7, 11) is 0. The van der Waals surface area contributed by atoms with Crippen LogP contribution in [0.5, 0.6) is 0 Å². The smallest absolute Gasteiger partial charge is 0.330 e. The predicted molar refractivity (Wildman–Crippen MR) is 37.4 cm³/mol. The van der Waals surface area contributed by atoms with Gasteiger partial charge in [0.1, 0.15) is 0 Å². The number of nitrogens with zero attached hydrogens (tertiary/aromatic N) is 1. The van der Waals surface area contributed by atoms with Gasteiger partial charge in [0, 0.05) is 13.0 Å². The third-order valence-electron chi connectivity index (χ3n) is 0.969. The molecular weight excluding hydrogens is 150 g/mol. The third-order valence-corrected chi connectivity index (χ3v) is 0.969. The molecule has 0 spiro atoms. The summed E-state index contributed by atoms with van der Waals surface area (Å²) in [5.41, 5.74) is 6.75. The van der Waals surface area contributed by atoms with E-state index in [4.69, 9.17) is 17.4 Å². The van der Waals surface area contributed by atoms with Crippen molar-refractivity contribution >= 4 is 11.9 Å².